The van der Waals surface area contributed by atoms with Gasteiger partial charge in [-0.15, -0.1) is 0 Å². The molecule has 6 nitrogen and oxygen atoms in total. The Morgan fingerprint density at radius 3 is 2.42 bits per heavy atom. The highest BCUT2D eigenvalue weighted by Gasteiger charge is 2.37. The highest BCUT2D eigenvalue weighted by Crippen LogP contribution is 2.28. The highest BCUT2D eigenvalue weighted by atomic mass is 35.5. The molecule has 1 aliphatic heterocycles. The van der Waals surface area contributed by atoms with Gasteiger partial charge in [0, 0.05) is 22.4 Å². The Balaban J connectivity index is 1.78. The van der Waals surface area contributed by atoms with Crippen LogP contribution in [0.2, 0.25) is 5.02 Å². The van der Waals surface area contributed by atoms with Crippen LogP contribution in [0, 0.1) is 6.92 Å². The van der Waals surface area contributed by atoms with E-state index in [-0.39, 0.29) is 17.9 Å². The van der Waals surface area contributed by atoms with E-state index in [2.05, 4.69) is 10.6 Å². The van der Waals surface area contributed by atoms with Gasteiger partial charge in [-0.3, -0.25) is 14.5 Å². The summed E-state index contributed by atoms with van der Waals surface area (Å²) in [6.45, 7) is 5.36. The molecule has 0 unspecified atom stereocenters. The fourth-order valence-electron chi connectivity index (χ4n) is 2.83. The van der Waals surface area contributed by atoms with Crippen LogP contribution < -0.4 is 10.6 Å². The van der Waals surface area contributed by atoms with Gasteiger partial charge in [0.1, 0.15) is 0 Å². The number of hydrogen-bond donors (Lipinski definition) is 2. The first-order chi connectivity index (χ1) is 12.3. The van der Waals surface area contributed by atoms with E-state index in [9.17, 15) is 14.4 Å². The number of imide groups is 1. The number of anilines is 2. The topological polar surface area (TPSA) is 78.5 Å². The van der Waals surface area contributed by atoms with E-state index in [4.69, 9.17) is 11.6 Å². The molecule has 1 heterocycles. The molecule has 0 aliphatic carbocycles. The van der Waals surface area contributed by atoms with Gasteiger partial charge < -0.3 is 10.6 Å². The summed E-state index contributed by atoms with van der Waals surface area (Å²) in [5.74, 6) is -0.666. The molecule has 2 N–H and O–H groups in total. The summed E-state index contributed by atoms with van der Waals surface area (Å²) >= 11 is 6.04. The molecule has 2 aromatic rings. The molecular formula is C19H18ClN3O3. The van der Waals surface area contributed by atoms with Gasteiger partial charge in [0.05, 0.1) is 11.1 Å². The van der Waals surface area contributed by atoms with Crippen LogP contribution in [0.15, 0.2) is 36.4 Å². The van der Waals surface area contributed by atoms with E-state index in [1.54, 1.807) is 51.1 Å². The summed E-state index contributed by atoms with van der Waals surface area (Å²) in [6, 6.07) is 9.19. The zero-order valence-electron chi connectivity index (χ0n) is 14.6. The molecule has 134 valence electrons. The van der Waals surface area contributed by atoms with Gasteiger partial charge in [-0.25, -0.2) is 4.79 Å². The van der Waals surface area contributed by atoms with Crippen LogP contribution in [0.5, 0.6) is 0 Å². The third-order valence-electron chi connectivity index (χ3n) is 4.21. The fourth-order valence-corrected chi connectivity index (χ4v) is 3.01. The lowest BCUT2D eigenvalue weighted by Gasteiger charge is -2.17. The number of halogens is 1. The molecule has 2 aromatic carbocycles. The molecule has 3 rings (SSSR count). The summed E-state index contributed by atoms with van der Waals surface area (Å²) in [5, 5.41) is 5.94. The minimum atomic E-state index is -0.465. The van der Waals surface area contributed by atoms with E-state index >= 15 is 0 Å². The van der Waals surface area contributed by atoms with Crippen molar-refractivity contribution in [2.75, 3.05) is 10.6 Å². The summed E-state index contributed by atoms with van der Waals surface area (Å²) in [5.41, 5.74) is 2.41. The predicted octanol–water partition coefficient (Wildman–Crippen LogP) is 4.30. The van der Waals surface area contributed by atoms with Gasteiger partial charge in [0.15, 0.2) is 0 Å². The van der Waals surface area contributed by atoms with Gasteiger partial charge in [0.25, 0.3) is 11.8 Å². The first kappa shape index (κ1) is 17.9. The lowest BCUT2D eigenvalue weighted by atomic mass is 10.1. The van der Waals surface area contributed by atoms with Gasteiger partial charge in [-0.2, -0.15) is 0 Å². The van der Waals surface area contributed by atoms with Gasteiger partial charge in [-0.05, 0) is 56.7 Å². The second-order valence-electron chi connectivity index (χ2n) is 6.33. The van der Waals surface area contributed by atoms with E-state index in [1.807, 2.05) is 0 Å². The number of amides is 4. The number of nitrogens with one attached hydrogen (secondary N) is 2. The smallest absolute Gasteiger partial charge is 0.308 e. The minimum absolute atomic E-state index is 0.229. The molecule has 4 amide bonds. The second kappa shape index (κ2) is 6.80. The van der Waals surface area contributed by atoms with Gasteiger partial charge in [-0.1, -0.05) is 17.7 Å². The first-order valence-electron chi connectivity index (χ1n) is 8.14. The SMILES string of the molecule is Cc1c(Cl)cccc1NC(=O)Nc1ccc2c(c1)C(=O)N(C(C)C)C2=O. The number of fused-ring (bicyclic) bond motifs is 1. The van der Waals surface area contributed by atoms with Gasteiger partial charge in [0.2, 0.25) is 0 Å². The molecule has 0 saturated heterocycles. The van der Waals surface area contributed by atoms with Crippen molar-refractivity contribution in [1.29, 1.82) is 0 Å². The maximum atomic E-state index is 12.4. The third kappa shape index (κ3) is 3.15. The quantitative estimate of drug-likeness (QED) is 0.789. The molecule has 0 bridgehead atoms. The Morgan fingerprint density at radius 1 is 1.04 bits per heavy atom. The van der Waals surface area contributed by atoms with Gasteiger partial charge >= 0.3 is 6.03 Å². The average molecular weight is 372 g/mol. The Hall–Kier alpha value is -2.86. The second-order valence-corrected chi connectivity index (χ2v) is 6.73. The monoisotopic (exact) mass is 371 g/mol. The average Bonchev–Trinajstić information content (AvgIpc) is 2.82. The van der Waals surface area contributed by atoms with Crippen molar-refractivity contribution < 1.29 is 14.4 Å². The third-order valence-corrected chi connectivity index (χ3v) is 4.62. The Kier molecular flexibility index (Phi) is 4.70. The van der Waals surface area contributed by atoms with Crippen LogP contribution in [0.4, 0.5) is 16.2 Å². The van der Waals surface area contributed by atoms with Crippen molar-refractivity contribution in [2.45, 2.75) is 26.8 Å². The van der Waals surface area contributed by atoms with Crippen LogP contribution in [0.25, 0.3) is 0 Å². The molecule has 26 heavy (non-hydrogen) atoms. The van der Waals surface area contributed by atoms with Crippen LogP contribution in [-0.4, -0.2) is 28.8 Å². The van der Waals surface area contributed by atoms with E-state index in [0.717, 1.165) is 5.56 Å². The normalized spacial score (nSPS) is 13.2. The lowest BCUT2D eigenvalue weighted by Crippen LogP contribution is -2.35. The lowest BCUT2D eigenvalue weighted by molar-refractivity contribution is 0.0609. The van der Waals surface area contributed by atoms with Crippen LogP contribution in [0.1, 0.15) is 40.1 Å². The maximum Gasteiger partial charge on any atom is 0.323 e. The molecule has 1 aliphatic rings. The zero-order chi connectivity index (χ0) is 19.0. The Morgan fingerprint density at radius 2 is 1.73 bits per heavy atom. The number of carbonyl (C=O) groups excluding carboxylic acids is 3. The maximum absolute atomic E-state index is 12.4. The molecule has 7 heteroatoms. The molecule has 0 fully saturated rings. The Labute approximate surface area is 156 Å². The van der Waals surface area contributed by atoms with Crippen LogP contribution in [-0.2, 0) is 0 Å². The molecular weight excluding hydrogens is 354 g/mol. The van der Waals surface area contributed by atoms with Crippen LogP contribution >= 0.6 is 11.6 Å². The number of nitrogens with zero attached hydrogens (tertiary/aromatic N) is 1. The van der Waals surface area contributed by atoms with Crippen LogP contribution in [0.3, 0.4) is 0 Å². The van der Waals surface area contributed by atoms with Crippen molar-refractivity contribution in [3.8, 4) is 0 Å². The van der Waals surface area contributed by atoms with Crippen molar-refractivity contribution in [3.63, 3.8) is 0 Å². The van der Waals surface area contributed by atoms with E-state index < -0.39 is 6.03 Å². The largest absolute Gasteiger partial charge is 0.323 e. The molecule has 0 aromatic heterocycles. The Bertz CT molecular complexity index is 924. The van der Waals surface area contributed by atoms with Crippen molar-refractivity contribution in [3.05, 3.63) is 58.1 Å². The molecule has 0 radical (unpaired) electrons. The summed E-state index contributed by atoms with van der Waals surface area (Å²) in [4.78, 5) is 38.2. The number of rotatable bonds is 3. The number of hydrogen-bond acceptors (Lipinski definition) is 3. The minimum Gasteiger partial charge on any atom is -0.308 e. The summed E-state index contributed by atoms with van der Waals surface area (Å²) < 4.78 is 0. The molecule has 0 saturated carbocycles. The summed E-state index contributed by atoms with van der Waals surface area (Å²) in [6.07, 6.45) is 0. The standard InChI is InChI=1S/C19H18ClN3O3/c1-10(2)23-17(24)13-8-7-12(9-14(13)18(23)25)21-19(26)22-16-6-4-5-15(20)11(16)3/h4-10H,1-3H3,(H2,21,22,26). The predicted molar refractivity (Wildman–Crippen MR) is 101 cm³/mol. The summed E-state index contributed by atoms with van der Waals surface area (Å²) in [7, 11) is 0. The molecule has 0 spiro atoms. The number of benzene rings is 2. The van der Waals surface area contributed by atoms with Crippen molar-refractivity contribution in [2.24, 2.45) is 0 Å². The highest BCUT2D eigenvalue weighted by molar-refractivity contribution is 6.31. The fraction of sp³-hybridized carbons (Fsp3) is 0.211. The van der Waals surface area contributed by atoms with E-state index in [0.29, 0.717) is 27.5 Å². The van der Waals surface area contributed by atoms with E-state index in [1.165, 1.54) is 11.0 Å². The first-order valence-corrected chi connectivity index (χ1v) is 8.52. The number of urea groups is 1. The zero-order valence-corrected chi connectivity index (χ0v) is 15.3. The number of carbonyl (C=O) groups is 3. The van der Waals surface area contributed by atoms with Crippen molar-refractivity contribution >= 4 is 40.8 Å². The van der Waals surface area contributed by atoms with Crippen molar-refractivity contribution in [1.82, 2.24) is 4.90 Å². The molecule has 0 atom stereocenters.